The molecule has 3 amide bonds. The van der Waals surface area contributed by atoms with Crippen LogP contribution in [0.2, 0.25) is 0 Å². The van der Waals surface area contributed by atoms with E-state index in [9.17, 15) is 14.7 Å². The number of nitrogens with zero attached hydrogens (tertiary/aromatic N) is 2. The molecule has 0 radical (unpaired) electrons. The van der Waals surface area contributed by atoms with Crippen molar-refractivity contribution in [3.05, 3.63) is 29.8 Å². The summed E-state index contributed by atoms with van der Waals surface area (Å²) in [5.74, 6) is 0.485. The maximum absolute atomic E-state index is 12.9. The van der Waals surface area contributed by atoms with Crippen LogP contribution in [0.3, 0.4) is 0 Å². The summed E-state index contributed by atoms with van der Waals surface area (Å²) in [6.45, 7) is 1.99. The molecule has 1 aliphatic heterocycles. The molecule has 3 rings (SSSR count). The molecule has 1 aliphatic carbocycles. The number of amides is 3. The van der Waals surface area contributed by atoms with Gasteiger partial charge in [-0.1, -0.05) is 37.0 Å². The molecule has 1 heterocycles. The molecule has 1 saturated carbocycles. The lowest BCUT2D eigenvalue weighted by atomic mass is 9.81. The fourth-order valence-corrected chi connectivity index (χ4v) is 3.78. The Hall–Kier alpha value is -2.08. The molecule has 1 aromatic rings. The average Bonchev–Trinajstić information content (AvgIpc) is 2.78. The Bertz CT molecular complexity index is 637. The number of ether oxygens (including phenoxy) is 1. The number of aryl methyl sites for hydroxylation is 1. The molecule has 1 aromatic carbocycles. The van der Waals surface area contributed by atoms with Gasteiger partial charge in [0.15, 0.2) is 0 Å². The number of benzene rings is 1. The van der Waals surface area contributed by atoms with Crippen LogP contribution < -0.4 is 4.74 Å². The molecule has 1 N–H and O–H groups in total. The summed E-state index contributed by atoms with van der Waals surface area (Å²) in [5, 5.41) is 10.2. The number of rotatable bonds is 5. The third kappa shape index (κ3) is 3.35. The summed E-state index contributed by atoms with van der Waals surface area (Å²) in [5.41, 5.74) is 0.425. The number of urea groups is 1. The van der Waals surface area contributed by atoms with Crippen molar-refractivity contribution < 1.29 is 19.4 Å². The predicted octanol–water partition coefficient (Wildman–Crippen LogP) is 2.33. The van der Waals surface area contributed by atoms with Gasteiger partial charge in [0.05, 0.1) is 6.54 Å². The van der Waals surface area contributed by atoms with Crippen molar-refractivity contribution in [2.45, 2.75) is 50.7 Å². The van der Waals surface area contributed by atoms with Crippen molar-refractivity contribution in [2.24, 2.45) is 0 Å². The Morgan fingerprint density at radius 1 is 1.16 bits per heavy atom. The molecule has 6 heteroatoms. The zero-order valence-electron chi connectivity index (χ0n) is 14.9. The minimum atomic E-state index is -0.915. The van der Waals surface area contributed by atoms with E-state index in [0.717, 1.165) is 24.8 Å². The van der Waals surface area contributed by atoms with Crippen LogP contribution in [-0.4, -0.2) is 58.7 Å². The number of aliphatic hydroxyl groups excluding tert-OH is 1. The summed E-state index contributed by atoms with van der Waals surface area (Å²) in [7, 11) is 1.70. The second kappa shape index (κ2) is 7.04. The molecule has 136 valence electrons. The Morgan fingerprint density at radius 2 is 1.80 bits per heavy atom. The van der Waals surface area contributed by atoms with E-state index in [1.807, 2.05) is 31.2 Å². The number of aliphatic hydroxyl groups is 1. The number of carbonyl (C=O) groups is 2. The standard InChI is InChI=1S/C19H26N2O4/c1-14-6-8-16(9-7-14)25-13-15(22)12-21-17(23)19(20(2)18(21)24)10-4-3-5-11-19/h6-9,15,22H,3-5,10-13H2,1-2H3/t15-/m1/s1. The van der Waals surface area contributed by atoms with Gasteiger partial charge in [0.1, 0.15) is 24.0 Å². The Kier molecular flexibility index (Phi) is 4.99. The van der Waals surface area contributed by atoms with Crippen molar-refractivity contribution in [1.29, 1.82) is 0 Å². The van der Waals surface area contributed by atoms with Crippen LogP contribution in [-0.2, 0) is 4.79 Å². The van der Waals surface area contributed by atoms with E-state index in [-0.39, 0.29) is 25.1 Å². The molecule has 1 saturated heterocycles. The quantitative estimate of drug-likeness (QED) is 0.831. The monoisotopic (exact) mass is 346 g/mol. The lowest BCUT2D eigenvalue weighted by Crippen LogP contribution is -2.49. The molecule has 0 aromatic heterocycles. The molecule has 25 heavy (non-hydrogen) atoms. The molecule has 6 nitrogen and oxygen atoms in total. The second-order valence-corrected chi connectivity index (χ2v) is 7.13. The van der Waals surface area contributed by atoms with Gasteiger partial charge >= 0.3 is 6.03 Å². The number of likely N-dealkylation sites (N-methyl/N-ethyl adjacent to an activating group) is 1. The van der Waals surface area contributed by atoms with Gasteiger partial charge in [-0.25, -0.2) is 4.79 Å². The fourth-order valence-electron chi connectivity index (χ4n) is 3.78. The van der Waals surface area contributed by atoms with Gasteiger partial charge < -0.3 is 14.7 Å². The van der Waals surface area contributed by atoms with E-state index >= 15 is 0 Å². The van der Waals surface area contributed by atoms with Gasteiger partial charge in [0.2, 0.25) is 0 Å². The molecule has 1 atom stereocenters. The number of hydrogen-bond acceptors (Lipinski definition) is 4. The number of imide groups is 1. The van der Waals surface area contributed by atoms with Crippen molar-refractivity contribution in [1.82, 2.24) is 9.80 Å². The van der Waals surface area contributed by atoms with Crippen LogP contribution in [0.15, 0.2) is 24.3 Å². The maximum atomic E-state index is 12.9. The van der Waals surface area contributed by atoms with E-state index in [4.69, 9.17) is 4.74 Å². The van der Waals surface area contributed by atoms with Crippen molar-refractivity contribution in [3.8, 4) is 5.75 Å². The zero-order valence-corrected chi connectivity index (χ0v) is 14.9. The van der Waals surface area contributed by atoms with E-state index < -0.39 is 11.6 Å². The van der Waals surface area contributed by atoms with Crippen molar-refractivity contribution >= 4 is 11.9 Å². The van der Waals surface area contributed by atoms with Crippen LogP contribution in [0, 0.1) is 6.92 Å². The van der Waals surface area contributed by atoms with Gasteiger partial charge in [0.25, 0.3) is 5.91 Å². The second-order valence-electron chi connectivity index (χ2n) is 7.13. The third-order valence-corrected chi connectivity index (χ3v) is 5.34. The minimum Gasteiger partial charge on any atom is -0.491 e. The highest BCUT2D eigenvalue weighted by atomic mass is 16.5. The first-order valence-electron chi connectivity index (χ1n) is 8.91. The average molecular weight is 346 g/mol. The normalized spacial score (nSPS) is 21.1. The molecule has 0 bridgehead atoms. The highest BCUT2D eigenvalue weighted by molar-refractivity contribution is 6.07. The summed E-state index contributed by atoms with van der Waals surface area (Å²) in [6.07, 6.45) is 3.51. The minimum absolute atomic E-state index is 0.0321. The smallest absolute Gasteiger partial charge is 0.327 e. The molecule has 0 unspecified atom stereocenters. The molecular formula is C19H26N2O4. The van der Waals surface area contributed by atoms with Crippen LogP contribution in [0.4, 0.5) is 4.79 Å². The fraction of sp³-hybridized carbons (Fsp3) is 0.579. The molecular weight excluding hydrogens is 320 g/mol. The van der Waals surface area contributed by atoms with Gasteiger partial charge in [-0.2, -0.15) is 0 Å². The first-order valence-corrected chi connectivity index (χ1v) is 8.91. The Balaban J connectivity index is 1.60. The summed E-state index contributed by atoms with van der Waals surface area (Å²) in [6, 6.07) is 7.20. The Labute approximate surface area is 148 Å². The molecule has 2 fully saturated rings. The number of β-amino-alcohol motifs (C(OH)–C–C–N with tert-alkyl or cyclic N) is 1. The summed E-state index contributed by atoms with van der Waals surface area (Å²) in [4.78, 5) is 28.1. The highest BCUT2D eigenvalue weighted by Gasteiger charge is 2.55. The molecule has 1 spiro atoms. The highest BCUT2D eigenvalue weighted by Crippen LogP contribution is 2.39. The van der Waals surface area contributed by atoms with Crippen LogP contribution in [0.5, 0.6) is 5.75 Å². The maximum Gasteiger partial charge on any atom is 0.327 e. The lowest BCUT2D eigenvalue weighted by Gasteiger charge is -2.35. The molecule has 2 aliphatic rings. The van der Waals surface area contributed by atoms with Gasteiger partial charge in [0, 0.05) is 7.05 Å². The van der Waals surface area contributed by atoms with Crippen LogP contribution in [0.25, 0.3) is 0 Å². The largest absolute Gasteiger partial charge is 0.491 e. The van der Waals surface area contributed by atoms with Crippen LogP contribution in [0.1, 0.15) is 37.7 Å². The number of hydrogen-bond donors (Lipinski definition) is 1. The summed E-state index contributed by atoms with van der Waals surface area (Å²) < 4.78 is 5.55. The lowest BCUT2D eigenvalue weighted by molar-refractivity contribution is -0.135. The first kappa shape index (κ1) is 17.7. The van der Waals surface area contributed by atoms with Gasteiger partial charge in [-0.15, -0.1) is 0 Å². The third-order valence-electron chi connectivity index (χ3n) is 5.34. The summed E-state index contributed by atoms with van der Waals surface area (Å²) >= 11 is 0. The predicted molar refractivity (Wildman–Crippen MR) is 93.4 cm³/mol. The van der Waals surface area contributed by atoms with E-state index in [0.29, 0.717) is 18.6 Å². The topological polar surface area (TPSA) is 70.1 Å². The van der Waals surface area contributed by atoms with E-state index in [1.165, 1.54) is 4.90 Å². The first-order chi connectivity index (χ1) is 11.9. The number of carbonyl (C=O) groups excluding carboxylic acids is 2. The van der Waals surface area contributed by atoms with Crippen molar-refractivity contribution in [3.63, 3.8) is 0 Å². The zero-order chi connectivity index (χ0) is 18.0. The van der Waals surface area contributed by atoms with Gasteiger partial charge in [-0.05, 0) is 31.9 Å². The Morgan fingerprint density at radius 3 is 2.44 bits per heavy atom. The SMILES string of the molecule is Cc1ccc(OC[C@H](O)CN2C(=O)N(C)C3(CCCCC3)C2=O)cc1. The van der Waals surface area contributed by atoms with E-state index in [2.05, 4.69) is 0 Å². The van der Waals surface area contributed by atoms with Crippen molar-refractivity contribution in [2.75, 3.05) is 20.2 Å². The van der Waals surface area contributed by atoms with Gasteiger partial charge in [-0.3, -0.25) is 9.69 Å². The van der Waals surface area contributed by atoms with E-state index in [1.54, 1.807) is 11.9 Å². The van der Waals surface area contributed by atoms with Crippen LogP contribution >= 0.6 is 0 Å².